The summed E-state index contributed by atoms with van der Waals surface area (Å²) in [5.74, 6) is -0.303. The first-order chi connectivity index (χ1) is 16.2. The number of ether oxygens (including phenoxy) is 1. The molecule has 182 valence electrons. The highest BCUT2D eigenvalue weighted by molar-refractivity contribution is 6.31. The minimum atomic E-state index is -4.58. The fourth-order valence-corrected chi connectivity index (χ4v) is 4.65. The van der Waals surface area contributed by atoms with E-state index in [-0.39, 0.29) is 23.3 Å². The second-order valence-corrected chi connectivity index (χ2v) is 8.74. The van der Waals surface area contributed by atoms with Crippen molar-refractivity contribution in [3.05, 3.63) is 58.0 Å². The first kappa shape index (κ1) is 24.2. The molecule has 1 aromatic carbocycles. The second kappa shape index (κ2) is 9.74. The molecule has 2 heterocycles. The third-order valence-corrected chi connectivity index (χ3v) is 6.30. The highest BCUT2D eigenvalue weighted by atomic mass is 35.5. The maximum atomic E-state index is 13.2. The number of aryl methyl sites for hydroxylation is 1. The van der Waals surface area contributed by atoms with Gasteiger partial charge in [-0.2, -0.15) is 13.2 Å². The van der Waals surface area contributed by atoms with Gasteiger partial charge in [0, 0.05) is 35.0 Å². The lowest BCUT2D eigenvalue weighted by Gasteiger charge is -2.26. The summed E-state index contributed by atoms with van der Waals surface area (Å²) < 4.78 is 50.5. The topological polar surface area (TPSA) is 75.8 Å². The van der Waals surface area contributed by atoms with Crippen molar-refractivity contribution in [3.63, 3.8) is 0 Å². The molecular weight excluding hydrogens is 473 g/mol. The molecule has 0 bridgehead atoms. The van der Waals surface area contributed by atoms with Crippen LogP contribution in [0.4, 0.5) is 13.2 Å². The van der Waals surface area contributed by atoms with Crippen molar-refractivity contribution >= 4 is 28.5 Å². The first-order valence-corrected chi connectivity index (χ1v) is 11.4. The Hall–Kier alpha value is -2.94. The summed E-state index contributed by atoms with van der Waals surface area (Å²) in [6, 6.07) is 2.89. The van der Waals surface area contributed by atoms with Crippen molar-refractivity contribution in [2.24, 2.45) is 5.92 Å². The molecule has 1 aliphatic heterocycles. The SMILES string of the molecule is CCCc1c(OCCCN2C=CC3CC(CC(=O)O)=C(Cl)C=C32)ccc2c(C(F)(F)F)noc12. The predicted molar refractivity (Wildman–Crippen MR) is 120 cm³/mol. The lowest BCUT2D eigenvalue weighted by atomic mass is 9.90. The summed E-state index contributed by atoms with van der Waals surface area (Å²) in [6.07, 6.45) is 3.63. The molecule has 34 heavy (non-hydrogen) atoms. The normalized spacial score (nSPS) is 18.0. The van der Waals surface area contributed by atoms with Crippen LogP contribution in [0.15, 0.2) is 51.3 Å². The van der Waals surface area contributed by atoms with Crippen molar-refractivity contribution in [2.45, 2.75) is 45.2 Å². The Labute approximate surface area is 199 Å². The molecule has 0 saturated heterocycles. The van der Waals surface area contributed by atoms with Gasteiger partial charge in [0.25, 0.3) is 0 Å². The van der Waals surface area contributed by atoms with Gasteiger partial charge in [-0.25, -0.2) is 0 Å². The number of allylic oxidation sites excluding steroid dienone is 3. The van der Waals surface area contributed by atoms with Crippen LogP contribution in [0, 0.1) is 5.92 Å². The van der Waals surface area contributed by atoms with Gasteiger partial charge in [0.15, 0.2) is 11.3 Å². The largest absolute Gasteiger partial charge is 0.493 e. The van der Waals surface area contributed by atoms with Gasteiger partial charge in [-0.3, -0.25) is 4.79 Å². The molecule has 10 heteroatoms. The maximum Gasteiger partial charge on any atom is 0.437 e. The molecule has 1 atom stereocenters. The van der Waals surface area contributed by atoms with E-state index in [2.05, 4.69) is 10.1 Å². The number of carboxylic acids is 1. The smallest absolute Gasteiger partial charge is 0.437 e. The number of hydrogen-bond acceptors (Lipinski definition) is 5. The van der Waals surface area contributed by atoms with Gasteiger partial charge >= 0.3 is 12.1 Å². The van der Waals surface area contributed by atoms with Crippen LogP contribution in [0.2, 0.25) is 0 Å². The van der Waals surface area contributed by atoms with Crippen LogP contribution in [0.3, 0.4) is 0 Å². The zero-order valence-corrected chi connectivity index (χ0v) is 19.2. The lowest BCUT2D eigenvalue weighted by Crippen LogP contribution is -2.21. The molecule has 2 aromatic rings. The van der Waals surface area contributed by atoms with E-state index in [0.29, 0.717) is 55.2 Å². The Bertz CT molecular complexity index is 1180. The van der Waals surface area contributed by atoms with Gasteiger partial charge in [0.2, 0.25) is 0 Å². The van der Waals surface area contributed by atoms with E-state index >= 15 is 0 Å². The third kappa shape index (κ3) is 4.94. The number of alkyl halides is 3. The van der Waals surface area contributed by atoms with Crippen LogP contribution < -0.4 is 4.74 Å². The molecule has 1 N–H and O–H groups in total. The number of nitrogens with zero attached hydrogens (tertiary/aromatic N) is 2. The molecule has 1 aliphatic carbocycles. The van der Waals surface area contributed by atoms with E-state index in [0.717, 1.165) is 11.3 Å². The Morgan fingerprint density at radius 3 is 2.88 bits per heavy atom. The standard InChI is InChI=1S/C24H24ClF3N2O4/c1-2-4-16-20(6-5-17-22(16)34-29-23(17)24(26,27)28)33-10-3-8-30-9-7-14-11-15(12-21(31)32)18(25)13-19(14)30/h5-7,9,13-14H,2-4,8,10-12H2,1H3,(H,31,32). The van der Waals surface area contributed by atoms with Crippen molar-refractivity contribution < 1.29 is 32.3 Å². The minimum absolute atomic E-state index is 0.0621. The fourth-order valence-electron chi connectivity index (χ4n) is 4.39. The molecule has 1 unspecified atom stereocenters. The van der Waals surface area contributed by atoms with Gasteiger partial charge in [0.1, 0.15) is 5.75 Å². The van der Waals surface area contributed by atoms with Crippen LogP contribution in [-0.4, -0.2) is 34.3 Å². The summed E-state index contributed by atoms with van der Waals surface area (Å²) >= 11 is 6.30. The van der Waals surface area contributed by atoms with E-state index in [1.165, 1.54) is 6.07 Å². The summed E-state index contributed by atoms with van der Waals surface area (Å²) in [6.45, 7) is 2.95. The average Bonchev–Trinajstić information content (AvgIpc) is 3.36. The molecule has 2 aliphatic rings. The van der Waals surface area contributed by atoms with Crippen LogP contribution >= 0.6 is 11.6 Å². The Kier molecular flexibility index (Phi) is 6.93. The van der Waals surface area contributed by atoms with Gasteiger partial charge in [-0.05, 0) is 43.0 Å². The van der Waals surface area contributed by atoms with Gasteiger partial charge in [-0.15, -0.1) is 0 Å². The minimum Gasteiger partial charge on any atom is -0.493 e. The zero-order chi connectivity index (χ0) is 24.5. The first-order valence-electron chi connectivity index (χ1n) is 11.1. The van der Waals surface area contributed by atoms with Crippen LogP contribution in [0.1, 0.15) is 43.9 Å². The molecule has 6 nitrogen and oxygen atoms in total. The average molecular weight is 497 g/mol. The van der Waals surface area contributed by atoms with Crippen molar-refractivity contribution in [2.75, 3.05) is 13.2 Å². The molecule has 0 fully saturated rings. The molecule has 0 amide bonds. The van der Waals surface area contributed by atoms with Crippen LogP contribution in [-0.2, 0) is 17.4 Å². The summed E-state index contributed by atoms with van der Waals surface area (Å²) in [4.78, 5) is 13.1. The van der Waals surface area contributed by atoms with E-state index in [9.17, 15) is 18.0 Å². The van der Waals surface area contributed by atoms with E-state index < -0.39 is 17.8 Å². The van der Waals surface area contributed by atoms with Crippen molar-refractivity contribution in [1.82, 2.24) is 10.1 Å². The molecular formula is C24H24ClF3N2O4. The van der Waals surface area contributed by atoms with Gasteiger partial charge < -0.3 is 19.3 Å². The van der Waals surface area contributed by atoms with E-state index in [1.807, 2.05) is 25.3 Å². The number of aromatic nitrogens is 1. The summed E-state index contributed by atoms with van der Waals surface area (Å²) in [7, 11) is 0. The predicted octanol–water partition coefficient (Wildman–Crippen LogP) is 6.27. The third-order valence-electron chi connectivity index (χ3n) is 5.92. The van der Waals surface area contributed by atoms with Crippen LogP contribution in [0.5, 0.6) is 5.75 Å². The number of fused-ring (bicyclic) bond motifs is 2. The molecule has 0 spiro atoms. The second-order valence-electron chi connectivity index (χ2n) is 8.34. The zero-order valence-electron chi connectivity index (χ0n) is 18.5. The molecule has 0 radical (unpaired) electrons. The van der Waals surface area contributed by atoms with E-state index in [1.54, 1.807) is 6.07 Å². The van der Waals surface area contributed by atoms with Crippen molar-refractivity contribution in [1.29, 1.82) is 0 Å². The Morgan fingerprint density at radius 1 is 1.38 bits per heavy atom. The van der Waals surface area contributed by atoms with E-state index in [4.69, 9.17) is 26.0 Å². The number of rotatable bonds is 9. The number of carboxylic acid groups (broad SMARTS) is 1. The number of halogens is 4. The maximum absolute atomic E-state index is 13.2. The summed E-state index contributed by atoms with van der Waals surface area (Å²) in [5.41, 5.74) is 1.41. The number of aliphatic carboxylic acids is 1. The highest BCUT2D eigenvalue weighted by Gasteiger charge is 2.37. The van der Waals surface area contributed by atoms with Gasteiger partial charge in [0.05, 0.1) is 18.4 Å². The molecule has 0 saturated carbocycles. The Morgan fingerprint density at radius 2 is 2.18 bits per heavy atom. The lowest BCUT2D eigenvalue weighted by molar-refractivity contribution is -0.141. The monoisotopic (exact) mass is 496 g/mol. The molecule has 1 aromatic heterocycles. The quantitative estimate of drug-likeness (QED) is 0.412. The summed E-state index contributed by atoms with van der Waals surface area (Å²) in [5, 5.41) is 12.7. The molecule has 4 rings (SSSR count). The highest BCUT2D eigenvalue weighted by Crippen LogP contribution is 2.40. The van der Waals surface area contributed by atoms with Gasteiger partial charge in [-0.1, -0.05) is 36.2 Å². The number of benzene rings is 1. The van der Waals surface area contributed by atoms with Crippen LogP contribution in [0.25, 0.3) is 11.0 Å². The van der Waals surface area contributed by atoms with Crippen molar-refractivity contribution in [3.8, 4) is 5.75 Å². The number of carbonyl (C=O) groups is 1. The Balaban J connectivity index is 1.41. The fraction of sp³-hybridized carbons (Fsp3) is 0.417. The number of hydrogen-bond donors (Lipinski definition) is 1.